The van der Waals surface area contributed by atoms with Crippen LogP contribution in [0.2, 0.25) is 0 Å². The fourth-order valence-corrected chi connectivity index (χ4v) is 4.42. The van der Waals surface area contributed by atoms with E-state index in [0.717, 1.165) is 27.5 Å². The van der Waals surface area contributed by atoms with E-state index in [1.807, 2.05) is 66.7 Å². The van der Waals surface area contributed by atoms with Crippen LogP contribution in [-0.4, -0.2) is 13.3 Å². The van der Waals surface area contributed by atoms with Gasteiger partial charge in [-0.3, -0.25) is 10.1 Å². The Labute approximate surface area is 174 Å². The van der Waals surface area contributed by atoms with E-state index in [2.05, 4.69) is 4.72 Å². The lowest BCUT2D eigenvalue weighted by atomic mass is 9.93. The maximum atomic E-state index is 12.7. The first-order chi connectivity index (χ1) is 14.5. The number of benzene rings is 4. The van der Waals surface area contributed by atoms with Crippen molar-refractivity contribution in [1.82, 2.24) is 4.72 Å². The number of nitrogens with one attached hydrogen (secondary N) is 1. The number of nitrogens with zero attached hydrogens (tertiary/aromatic N) is 1. The average Bonchev–Trinajstić information content (AvgIpc) is 2.78. The average molecular weight is 418 g/mol. The lowest BCUT2D eigenvalue weighted by molar-refractivity contribution is -0.384. The zero-order chi connectivity index (χ0) is 21.1. The summed E-state index contributed by atoms with van der Waals surface area (Å²) in [6, 6.07) is 26.5. The summed E-state index contributed by atoms with van der Waals surface area (Å²) in [6.45, 7) is 0.0916. The molecule has 30 heavy (non-hydrogen) atoms. The van der Waals surface area contributed by atoms with E-state index in [1.165, 1.54) is 24.3 Å². The molecule has 0 radical (unpaired) electrons. The van der Waals surface area contributed by atoms with Gasteiger partial charge < -0.3 is 0 Å². The number of nitro benzene ring substituents is 1. The molecule has 150 valence electrons. The third-order valence-corrected chi connectivity index (χ3v) is 6.31. The number of nitro groups is 1. The van der Waals surface area contributed by atoms with Gasteiger partial charge in [0.15, 0.2) is 0 Å². The van der Waals surface area contributed by atoms with Crippen LogP contribution in [0, 0.1) is 10.1 Å². The zero-order valence-corrected chi connectivity index (χ0v) is 16.7. The maximum absolute atomic E-state index is 12.7. The van der Waals surface area contributed by atoms with Gasteiger partial charge in [0.05, 0.1) is 9.82 Å². The molecule has 4 aromatic carbocycles. The lowest BCUT2D eigenvalue weighted by Crippen LogP contribution is -2.23. The van der Waals surface area contributed by atoms with Crippen molar-refractivity contribution in [1.29, 1.82) is 0 Å². The molecule has 4 rings (SSSR count). The highest BCUT2D eigenvalue weighted by Crippen LogP contribution is 2.32. The van der Waals surface area contributed by atoms with Crippen LogP contribution in [0.1, 0.15) is 5.56 Å². The van der Waals surface area contributed by atoms with Crippen LogP contribution < -0.4 is 4.72 Å². The molecule has 7 heteroatoms. The van der Waals surface area contributed by atoms with Crippen molar-refractivity contribution in [2.75, 3.05) is 0 Å². The molecule has 0 heterocycles. The van der Waals surface area contributed by atoms with E-state index >= 15 is 0 Å². The Morgan fingerprint density at radius 3 is 2.17 bits per heavy atom. The van der Waals surface area contributed by atoms with E-state index in [4.69, 9.17) is 0 Å². The molecule has 0 aliphatic heterocycles. The molecule has 0 fully saturated rings. The molecule has 4 aromatic rings. The Kier molecular flexibility index (Phi) is 5.31. The molecular formula is C23H18N2O4S. The number of non-ortho nitro benzene ring substituents is 1. The third-order valence-electron chi connectivity index (χ3n) is 4.89. The number of sulfonamides is 1. The fraction of sp³-hybridized carbons (Fsp3) is 0.0435. The normalized spacial score (nSPS) is 11.5. The van der Waals surface area contributed by atoms with Crippen molar-refractivity contribution >= 4 is 26.5 Å². The Hall–Kier alpha value is -3.55. The zero-order valence-electron chi connectivity index (χ0n) is 15.9. The Bertz CT molecular complexity index is 1320. The molecule has 1 N–H and O–H groups in total. The molecule has 0 spiro atoms. The van der Waals surface area contributed by atoms with E-state index < -0.39 is 14.9 Å². The highest BCUT2D eigenvalue weighted by atomic mass is 32.2. The summed E-state index contributed by atoms with van der Waals surface area (Å²) in [5, 5.41) is 12.9. The van der Waals surface area contributed by atoms with Crippen molar-refractivity contribution in [3.05, 3.63) is 107 Å². The lowest BCUT2D eigenvalue weighted by Gasteiger charge is -2.15. The van der Waals surface area contributed by atoms with Crippen LogP contribution in [0.15, 0.2) is 95.9 Å². The molecule has 0 amide bonds. The highest BCUT2D eigenvalue weighted by molar-refractivity contribution is 7.89. The fourth-order valence-electron chi connectivity index (χ4n) is 3.41. The van der Waals surface area contributed by atoms with Gasteiger partial charge in [-0.15, -0.1) is 0 Å². The molecule has 0 aliphatic carbocycles. The summed E-state index contributed by atoms with van der Waals surface area (Å²) in [6.07, 6.45) is 0. The van der Waals surface area contributed by atoms with Gasteiger partial charge in [0, 0.05) is 18.7 Å². The Balaban J connectivity index is 1.69. The summed E-state index contributed by atoms with van der Waals surface area (Å²) in [5.74, 6) is 0. The van der Waals surface area contributed by atoms with Crippen LogP contribution in [0.4, 0.5) is 5.69 Å². The van der Waals surface area contributed by atoms with Gasteiger partial charge in [-0.1, -0.05) is 66.7 Å². The van der Waals surface area contributed by atoms with Crippen molar-refractivity contribution < 1.29 is 13.3 Å². The number of hydrogen-bond acceptors (Lipinski definition) is 4. The van der Waals surface area contributed by atoms with Gasteiger partial charge in [0.25, 0.3) is 5.69 Å². The van der Waals surface area contributed by atoms with Gasteiger partial charge in [0.1, 0.15) is 0 Å². The first-order valence-corrected chi connectivity index (χ1v) is 10.7. The van der Waals surface area contributed by atoms with Crippen molar-refractivity contribution in [3.8, 4) is 11.1 Å². The third kappa shape index (κ3) is 3.94. The number of rotatable bonds is 6. The minimum absolute atomic E-state index is 0.0184. The molecule has 0 bridgehead atoms. The van der Waals surface area contributed by atoms with Crippen LogP contribution in [0.5, 0.6) is 0 Å². The number of hydrogen-bond donors (Lipinski definition) is 1. The Morgan fingerprint density at radius 2 is 1.47 bits per heavy atom. The first kappa shape index (κ1) is 19.8. The van der Waals surface area contributed by atoms with E-state index in [-0.39, 0.29) is 17.1 Å². The predicted octanol–water partition coefficient (Wildman–Crippen LogP) is 4.89. The van der Waals surface area contributed by atoms with Crippen molar-refractivity contribution in [3.63, 3.8) is 0 Å². The minimum atomic E-state index is -3.83. The SMILES string of the molecule is O=[N+]([O-])c1ccc(S(=O)(=O)NCc2ccc3ccccc3c2-c2ccccc2)cc1. The standard InChI is InChI=1S/C23H18N2O4S/c26-25(27)20-12-14-21(15-13-20)30(28,29)24-16-19-11-10-17-6-4-5-9-22(17)23(19)18-7-2-1-3-8-18/h1-15,24H,16H2. The van der Waals surface area contributed by atoms with Gasteiger partial charge in [-0.25, -0.2) is 13.1 Å². The van der Waals surface area contributed by atoms with Crippen LogP contribution >= 0.6 is 0 Å². The van der Waals surface area contributed by atoms with Crippen LogP contribution in [0.3, 0.4) is 0 Å². The smallest absolute Gasteiger partial charge is 0.258 e. The molecular weight excluding hydrogens is 400 g/mol. The molecule has 0 atom stereocenters. The monoisotopic (exact) mass is 418 g/mol. The van der Waals surface area contributed by atoms with Gasteiger partial charge in [-0.05, 0) is 39.6 Å². The highest BCUT2D eigenvalue weighted by Gasteiger charge is 2.17. The van der Waals surface area contributed by atoms with E-state index in [0.29, 0.717) is 0 Å². The van der Waals surface area contributed by atoms with Crippen molar-refractivity contribution in [2.45, 2.75) is 11.4 Å². The minimum Gasteiger partial charge on any atom is -0.258 e. The summed E-state index contributed by atoms with van der Waals surface area (Å²) in [5.41, 5.74) is 2.65. The molecule has 0 saturated heterocycles. The largest absolute Gasteiger partial charge is 0.269 e. The summed E-state index contributed by atoms with van der Waals surface area (Å²) in [7, 11) is -3.83. The Morgan fingerprint density at radius 1 is 0.800 bits per heavy atom. The van der Waals surface area contributed by atoms with Crippen LogP contribution in [-0.2, 0) is 16.6 Å². The second-order valence-corrected chi connectivity index (χ2v) is 8.53. The van der Waals surface area contributed by atoms with Gasteiger partial charge in [-0.2, -0.15) is 0 Å². The van der Waals surface area contributed by atoms with E-state index in [9.17, 15) is 18.5 Å². The first-order valence-electron chi connectivity index (χ1n) is 9.26. The van der Waals surface area contributed by atoms with Gasteiger partial charge >= 0.3 is 0 Å². The molecule has 0 saturated carbocycles. The molecule has 0 unspecified atom stereocenters. The van der Waals surface area contributed by atoms with Gasteiger partial charge in [0.2, 0.25) is 10.0 Å². The number of fused-ring (bicyclic) bond motifs is 1. The second kappa shape index (κ2) is 8.06. The summed E-state index contributed by atoms with van der Waals surface area (Å²) < 4.78 is 28.1. The predicted molar refractivity (Wildman–Crippen MR) is 117 cm³/mol. The maximum Gasteiger partial charge on any atom is 0.269 e. The van der Waals surface area contributed by atoms with Crippen molar-refractivity contribution in [2.24, 2.45) is 0 Å². The topological polar surface area (TPSA) is 89.3 Å². The summed E-state index contributed by atoms with van der Waals surface area (Å²) >= 11 is 0. The van der Waals surface area contributed by atoms with E-state index in [1.54, 1.807) is 0 Å². The molecule has 0 aromatic heterocycles. The van der Waals surface area contributed by atoms with Crippen LogP contribution in [0.25, 0.3) is 21.9 Å². The second-order valence-electron chi connectivity index (χ2n) is 6.76. The molecule has 0 aliphatic rings. The molecule has 6 nitrogen and oxygen atoms in total. The quantitative estimate of drug-likeness (QED) is 0.356. The summed E-state index contributed by atoms with van der Waals surface area (Å²) in [4.78, 5) is 10.2.